The van der Waals surface area contributed by atoms with Crippen molar-refractivity contribution in [2.45, 2.75) is 92.4 Å². The summed E-state index contributed by atoms with van der Waals surface area (Å²) < 4.78 is 16.9. The van der Waals surface area contributed by atoms with Crippen LogP contribution >= 0.6 is 0 Å². The summed E-state index contributed by atoms with van der Waals surface area (Å²) in [4.78, 5) is 0. The van der Waals surface area contributed by atoms with E-state index in [1.54, 1.807) is 14.2 Å². The molecule has 1 aliphatic carbocycles. The van der Waals surface area contributed by atoms with Gasteiger partial charge in [-0.3, -0.25) is 5.32 Å². The molecule has 3 atom stereocenters. The first-order chi connectivity index (χ1) is 15.0. The summed E-state index contributed by atoms with van der Waals surface area (Å²) in [6.45, 7) is 13.0. The van der Waals surface area contributed by atoms with E-state index in [0.29, 0.717) is 30.4 Å². The lowest BCUT2D eigenvalue weighted by molar-refractivity contribution is -0.0239. The van der Waals surface area contributed by atoms with Crippen molar-refractivity contribution in [1.29, 1.82) is 0 Å². The van der Waals surface area contributed by atoms with Crippen LogP contribution in [0.25, 0.3) is 0 Å². The number of hydrogen-bond donors (Lipinski definition) is 2. The number of methoxy groups -OCH3 is 2. The summed E-state index contributed by atoms with van der Waals surface area (Å²) >= 11 is 0. The molecule has 2 N–H and O–H groups in total. The average molecular weight is 438 g/mol. The minimum absolute atomic E-state index is 0.268. The molecule has 180 valence electrons. The van der Waals surface area contributed by atoms with E-state index < -0.39 is 6.23 Å². The molecule has 0 amide bonds. The van der Waals surface area contributed by atoms with Crippen LogP contribution in [0.1, 0.15) is 80.1 Å². The highest BCUT2D eigenvalue weighted by molar-refractivity contribution is 5.26. The van der Waals surface area contributed by atoms with Crippen LogP contribution < -0.4 is 5.32 Å². The second-order valence-corrected chi connectivity index (χ2v) is 7.32. The van der Waals surface area contributed by atoms with Gasteiger partial charge in [-0.15, -0.1) is 0 Å². The molecule has 0 aromatic carbocycles. The number of allylic oxidation sites excluding steroid dienone is 4. The van der Waals surface area contributed by atoms with Crippen molar-refractivity contribution in [2.24, 2.45) is 5.92 Å². The van der Waals surface area contributed by atoms with Gasteiger partial charge in [0.25, 0.3) is 0 Å². The SMILES string of the molecule is C/C=C(OC)\C(=C/CCNC(O)C(CCC)OC1=C(CC)CC(CC)C=C1)OC.CC. The third kappa shape index (κ3) is 10.4. The average Bonchev–Trinajstić information content (AvgIpc) is 2.82. The maximum atomic E-state index is 10.7. The zero-order valence-electron chi connectivity index (χ0n) is 21.2. The van der Waals surface area contributed by atoms with Gasteiger partial charge in [-0.05, 0) is 68.7 Å². The van der Waals surface area contributed by atoms with Gasteiger partial charge in [-0.25, -0.2) is 0 Å². The molecular formula is C26H47NO4. The number of rotatable bonds is 14. The molecule has 0 saturated carbocycles. The summed E-state index contributed by atoms with van der Waals surface area (Å²) in [5, 5.41) is 13.9. The molecule has 0 spiro atoms. The van der Waals surface area contributed by atoms with E-state index in [1.807, 2.05) is 32.9 Å². The largest absolute Gasteiger partial charge is 0.493 e. The highest BCUT2D eigenvalue weighted by Gasteiger charge is 2.23. The van der Waals surface area contributed by atoms with E-state index in [1.165, 1.54) is 5.57 Å². The Labute approximate surface area is 191 Å². The third-order valence-electron chi connectivity index (χ3n) is 5.30. The van der Waals surface area contributed by atoms with Crippen LogP contribution in [0, 0.1) is 5.92 Å². The zero-order valence-corrected chi connectivity index (χ0v) is 21.2. The Hall–Kier alpha value is -1.72. The van der Waals surface area contributed by atoms with Crippen molar-refractivity contribution in [3.63, 3.8) is 0 Å². The van der Waals surface area contributed by atoms with Crippen molar-refractivity contribution >= 4 is 0 Å². The van der Waals surface area contributed by atoms with Crippen LogP contribution in [-0.2, 0) is 14.2 Å². The fourth-order valence-corrected chi connectivity index (χ4v) is 3.49. The molecule has 0 saturated heterocycles. The van der Waals surface area contributed by atoms with E-state index in [-0.39, 0.29) is 6.10 Å². The Morgan fingerprint density at radius 1 is 1.19 bits per heavy atom. The number of ether oxygens (including phenoxy) is 3. The summed E-state index contributed by atoms with van der Waals surface area (Å²) in [6, 6.07) is 0. The van der Waals surface area contributed by atoms with E-state index in [4.69, 9.17) is 14.2 Å². The summed E-state index contributed by atoms with van der Waals surface area (Å²) in [7, 11) is 3.25. The van der Waals surface area contributed by atoms with Crippen molar-refractivity contribution in [2.75, 3.05) is 20.8 Å². The van der Waals surface area contributed by atoms with Crippen LogP contribution in [0.3, 0.4) is 0 Å². The molecule has 0 fully saturated rings. The molecule has 5 heteroatoms. The molecule has 0 aliphatic heterocycles. The van der Waals surface area contributed by atoms with E-state index in [0.717, 1.165) is 37.9 Å². The highest BCUT2D eigenvalue weighted by atomic mass is 16.5. The lowest BCUT2D eigenvalue weighted by Crippen LogP contribution is -2.41. The molecular weight excluding hydrogens is 390 g/mol. The lowest BCUT2D eigenvalue weighted by atomic mass is 9.90. The van der Waals surface area contributed by atoms with Gasteiger partial charge in [0, 0.05) is 6.54 Å². The molecule has 0 bridgehead atoms. The van der Waals surface area contributed by atoms with E-state index >= 15 is 0 Å². The monoisotopic (exact) mass is 437 g/mol. The number of nitrogens with one attached hydrogen (secondary N) is 1. The van der Waals surface area contributed by atoms with Gasteiger partial charge in [-0.2, -0.15) is 0 Å². The van der Waals surface area contributed by atoms with Crippen LogP contribution in [0.2, 0.25) is 0 Å². The molecule has 0 aromatic heterocycles. The molecule has 0 radical (unpaired) electrons. The van der Waals surface area contributed by atoms with Gasteiger partial charge >= 0.3 is 0 Å². The third-order valence-corrected chi connectivity index (χ3v) is 5.30. The molecule has 0 aromatic rings. The first kappa shape index (κ1) is 29.3. The summed E-state index contributed by atoms with van der Waals surface area (Å²) in [5.74, 6) is 2.94. The Morgan fingerprint density at radius 3 is 2.39 bits per heavy atom. The Bertz CT molecular complexity index is 592. The lowest BCUT2D eigenvalue weighted by Gasteiger charge is -2.28. The van der Waals surface area contributed by atoms with Gasteiger partial charge in [0.05, 0.1) is 14.2 Å². The maximum Gasteiger partial charge on any atom is 0.156 e. The summed E-state index contributed by atoms with van der Waals surface area (Å²) in [6.07, 6.45) is 12.8. The fraction of sp³-hybridized carbons (Fsp3) is 0.692. The van der Waals surface area contributed by atoms with Crippen LogP contribution in [-0.4, -0.2) is 38.2 Å². The van der Waals surface area contributed by atoms with Gasteiger partial charge in [0.15, 0.2) is 11.5 Å². The second kappa shape index (κ2) is 17.9. The first-order valence-corrected chi connectivity index (χ1v) is 12.0. The number of aliphatic hydroxyl groups is 1. The molecule has 1 rings (SSSR count). The highest BCUT2D eigenvalue weighted by Crippen LogP contribution is 2.30. The predicted octanol–water partition coefficient (Wildman–Crippen LogP) is 6.23. The van der Waals surface area contributed by atoms with Crippen molar-refractivity contribution in [3.8, 4) is 0 Å². The van der Waals surface area contributed by atoms with E-state index in [9.17, 15) is 5.11 Å². The Balaban J connectivity index is 0.00000436. The number of hydrogen-bond acceptors (Lipinski definition) is 5. The maximum absolute atomic E-state index is 10.7. The number of aliphatic hydroxyl groups excluding tert-OH is 1. The van der Waals surface area contributed by atoms with E-state index in [2.05, 4.69) is 38.2 Å². The van der Waals surface area contributed by atoms with Crippen molar-refractivity contribution in [3.05, 3.63) is 47.2 Å². The van der Waals surface area contributed by atoms with Crippen LogP contribution in [0.15, 0.2) is 47.2 Å². The first-order valence-electron chi connectivity index (χ1n) is 12.0. The quantitative estimate of drug-likeness (QED) is 0.146. The minimum Gasteiger partial charge on any atom is -0.493 e. The van der Waals surface area contributed by atoms with Crippen molar-refractivity contribution in [1.82, 2.24) is 5.32 Å². The normalized spacial score (nSPS) is 18.8. The van der Waals surface area contributed by atoms with Gasteiger partial charge in [0.1, 0.15) is 18.1 Å². The summed E-state index contributed by atoms with van der Waals surface area (Å²) in [5.41, 5.74) is 1.35. The fourth-order valence-electron chi connectivity index (χ4n) is 3.49. The van der Waals surface area contributed by atoms with Gasteiger partial charge in [-0.1, -0.05) is 47.1 Å². The Kier molecular flexibility index (Phi) is 16.9. The molecule has 3 unspecified atom stereocenters. The van der Waals surface area contributed by atoms with Crippen LogP contribution in [0.4, 0.5) is 0 Å². The smallest absolute Gasteiger partial charge is 0.156 e. The standard InChI is InChI=1S/C24H41NO4.C2H6/c1-7-12-23(29-21-15-14-18(8-2)17-19(21)9-3)24(26)25-16-11-13-22(28-6)20(10-4)27-5;1-2/h10,13-15,18,23-26H,7-9,11-12,16-17H2,1-6H3;1-2H3/b20-10+,22-13+;. The molecule has 5 nitrogen and oxygen atoms in total. The Morgan fingerprint density at radius 2 is 1.87 bits per heavy atom. The molecule has 0 heterocycles. The molecule has 31 heavy (non-hydrogen) atoms. The predicted molar refractivity (Wildman–Crippen MR) is 130 cm³/mol. The van der Waals surface area contributed by atoms with Gasteiger partial charge in [0.2, 0.25) is 0 Å². The van der Waals surface area contributed by atoms with Crippen LogP contribution in [0.5, 0.6) is 0 Å². The van der Waals surface area contributed by atoms with Gasteiger partial charge < -0.3 is 19.3 Å². The van der Waals surface area contributed by atoms with Crippen molar-refractivity contribution < 1.29 is 19.3 Å². The topological polar surface area (TPSA) is 60.0 Å². The molecule has 1 aliphatic rings. The minimum atomic E-state index is -0.721. The zero-order chi connectivity index (χ0) is 23.6. The second-order valence-electron chi connectivity index (χ2n) is 7.32.